The largest absolute Gasteiger partial charge is 0.309 e. The van der Waals surface area contributed by atoms with Gasteiger partial charge in [-0.3, -0.25) is 4.40 Å². The molecular weight excluding hydrogens is 1040 g/mol. The summed E-state index contributed by atoms with van der Waals surface area (Å²) < 4.78 is 10.0. The molecule has 0 unspecified atom stereocenters. The van der Waals surface area contributed by atoms with E-state index in [1.807, 2.05) is 0 Å². The zero-order chi connectivity index (χ0) is 58.0. The van der Waals surface area contributed by atoms with Crippen LogP contribution in [0.25, 0.3) is 164 Å². The fraction of sp³-hybridized carbons (Fsp3) is 0.148. The first-order chi connectivity index (χ1) is 41.6. The third kappa shape index (κ3) is 6.68. The van der Waals surface area contributed by atoms with E-state index in [0.29, 0.717) is 0 Å². The van der Waals surface area contributed by atoms with Gasteiger partial charge in [0.2, 0.25) is 0 Å². The van der Waals surface area contributed by atoms with Crippen molar-refractivity contribution in [2.45, 2.75) is 78.6 Å². The van der Waals surface area contributed by atoms with Gasteiger partial charge in [0, 0.05) is 81.8 Å². The number of hydrogen-bond acceptors (Lipinski definition) is 1. The highest BCUT2D eigenvalue weighted by Crippen LogP contribution is 2.51. The smallest absolute Gasteiger partial charge is 0.146 e. The van der Waals surface area contributed by atoms with Crippen LogP contribution in [-0.2, 0) is 16.2 Å². The highest BCUT2D eigenvalue weighted by atomic mass is 15.0. The third-order valence-electron chi connectivity index (χ3n) is 19.4. The predicted octanol–water partition coefficient (Wildman–Crippen LogP) is 22.0. The Labute approximate surface area is 498 Å². The van der Waals surface area contributed by atoms with Gasteiger partial charge in [-0.15, -0.1) is 0 Å². The van der Waals surface area contributed by atoms with Gasteiger partial charge in [0.05, 0.1) is 55.2 Å². The topological polar surface area (TPSA) is 31.6 Å². The van der Waals surface area contributed by atoms with Crippen molar-refractivity contribution in [3.8, 4) is 33.6 Å². The molecular formula is C81H63N5. The van der Waals surface area contributed by atoms with Crippen molar-refractivity contribution >= 4 is 131 Å². The number of para-hydroxylation sites is 4. The molecule has 0 aliphatic carbocycles. The maximum atomic E-state index is 6.17. The standard InChI is InChI=1S/C81H63N5/c1-79(2,3)49-39-58(48-33-35-70-60(38-48)56-29-19-21-31-68(56)84(70)53-25-14-11-15-26-53)74-61(40-49)62-41-50(80(4,5)6)42-63-64-45-71-73(82-78(64)86(74)75(62)63)66-44-51(81(7,8)9)43-65-72-54-27-17-16-22-46(54)36-57(77(72)85(71)76(65)66)47-32-34-69-59(37-47)55-28-18-20-30-67(55)83(69)52-23-12-10-13-24-52/h10-45H,1-9H3. The lowest BCUT2D eigenvalue weighted by atomic mass is 9.83. The number of rotatable bonds is 4. The van der Waals surface area contributed by atoms with Crippen LogP contribution in [-0.4, -0.2) is 22.9 Å². The summed E-state index contributed by atoms with van der Waals surface area (Å²) in [5.41, 5.74) is 23.5. The molecule has 0 saturated carbocycles. The van der Waals surface area contributed by atoms with Crippen molar-refractivity contribution in [3.05, 3.63) is 235 Å². The molecule has 11 aromatic carbocycles. The lowest BCUT2D eigenvalue weighted by molar-refractivity contribution is 0.591. The van der Waals surface area contributed by atoms with Crippen LogP contribution in [0.4, 0.5) is 0 Å². The van der Waals surface area contributed by atoms with Crippen LogP contribution < -0.4 is 0 Å². The normalized spacial score (nSPS) is 13.2. The van der Waals surface area contributed by atoms with Crippen LogP contribution in [0.3, 0.4) is 0 Å². The molecule has 18 rings (SSSR count). The molecule has 0 saturated heterocycles. The molecule has 5 heteroatoms. The van der Waals surface area contributed by atoms with Gasteiger partial charge in [0.1, 0.15) is 5.65 Å². The Morgan fingerprint density at radius 1 is 0.291 bits per heavy atom. The molecule has 412 valence electrons. The van der Waals surface area contributed by atoms with E-state index in [0.717, 1.165) is 28.1 Å². The Morgan fingerprint density at radius 2 is 0.733 bits per heavy atom. The zero-order valence-corrected chi connectivity index (χ0v) is 50.0. The minimum Gasteiger partial charge on any atom is -0.309 e. The Bertz CT molecular complexity index is 5920. The summed E-state index contributed by atoms with van der Waals surface area (Å²) in [5, 5.41) is 16.2. The van der Waals surface area contributed by atoms with Gasteiger partial charge in [-0.25, -0.2) is 4.98 Å². The summed E-state index contributed by atoms with van der Waals surface area (Å²) in [6.45, 7) is 21.2. The average Bonchev–Trinajstić information content (AvgIpc) is 1.59. The number of benzene rings is 11. The second kappa shape index (κ2) is 16.9. The average molecular weight is 1110 g/mol. The van der Waals surface area contributed by atoms with Crippen molar-refractivity contribution in [2.24, 2.45) is 0 Å². The summed E-state index contributed by atoms with van der Waals surface area (Å²) >= 11 is 0. The molecule has 0 fully saturated rings. The van der Waals surface area contributed by atoms with E-state index in [9.17, 15) is 0 Å². The molecule has 0 aliphatic heterocycles. The first-order valence-electron chi connectivity index (χ1n) is 30.5. The van der Waals surface area contributed by atoms with Crippen LogP contribution in [0.1, 0.15) is 79.0 Å². The van der Waals surface area contributed by atoms with Crippen molar-refractivity contribution in [1.29, 1.82) is 0 Å². The molecule has 0 atom stereocenters. The minimum atomic E-state index is -0.138. The van der Waals surface area contributed by atoms with E-state index in [4.69, 9.17) is 4.98 Å². The predicted molar refractivity (Wildman–Crippen MR) is 367 cm³/mol. The maximum Gasteiger partial charge on any atom is 0.146 e. The van der Waals surface area contributed by atoms with E-state index >= 15 is 0 Å². The van der Waals surface area contributed by atoms with E-state index in [-0.39, 0.29) is 16.2 Å². The van der Waals surface area contributed by atoms with Gasteiger partial charge < -0.3 is 13.5 Å². The van der Waals surface area contributed by atoms with Crippen LogP contribution in [0, 0.1) is 0 Å². The Balaban J connectivity index is 0.987. The fourth-order valence-corrected chi connectivity index (χ4v) is 15.1. The van der Waals surface area contributed by atoms with Crippen molar-refractivity contribution in [2.75, 3.05) is 0 Å². The third-order valence-corrected chi connectivity index (χ3v) is 19.4. The number of nitrogens with zero attached hydrogens (tertiary/aromatic N) is 5. The summed E-state index contributed by atoms with van der Waals surface area (Å²) in [6, 6.07) is 82.7. The molecule has 7 heterocycles. The molecule has 5 nitrogen and oxygen atoms in total. The summed E-state index contributed by atoms with van der Waals surface area (Å²) in [4.78, 5) is 6.17. The van der Waals surface area contributed by atoms with Gasteiger partial charge in [-0.2, -0.15) is 0 Å². The molecule has 0 radical (unpaired) electrons. The highest BCUT2D eigenvalue weighted by Gasteiger charge is 2.31. The maximum absolute atomic E-state index is 6.17. The number of aromatic nitrogens is 5. The van der Waals surface area contributed by atoms with Crippen LogP contribution in [0.15, 0.2) is 218 Å². The quantitative estimate of drug-likeness (QED) is 0.173. The van der Waals surface area contributed by atoms with Crippen LogP contribution in [0.2, 0.25) is 0 Å². The minimum absolute atomic E-state index is 0.118. The van der Waals surface area contributed by atoms with Crippen LogP contribution in [0.5, 0.6) is 0 Å². The Kier molecular flexibility index (Phi) is 9.71. The Morgan fingerprint density at radius 3 is 1.30 bits per heavy atom. The first-order valence-corrected chi connectivity index (χ1v) is 30.5. The van der Waals surface area contributed by atoms with E-state index < -0.39 is 0 Å². The van der Waals surface area contributed by atoms with E-state index in [1.54, 1.807) is 0 Å². The molecule has 0 bridgehead atoms. The first kappa shape index (κ1) is 49.5. The number of pyridine rings is 1. The van der Waals surface area contributed by atoms with Crippen molar-refractivity contribution in [1.82, 2.24) is 22.9 Å². The summed E-state index contributed by atoms with van der Waals surface area (Å²) in [6.07, 6.45) is 0. The van der Waals surface area contributed by atoms with Gasteiger partial charge in [0.15, 0.2) is 0 Å². The molecule has 0 aliphatic rings. The number of fused-ring (bicyclic) bond motifs is 20. The monoisotopic (exact) mass is 1110 g/mol. The Hall–Kier alpha value is -9.97. The van der Waals surface area contributed by atoms with E-state index in [2.05, 4.69) is 299 Å². The highest BCUT2D eigenvalue weighted by molar-refractivity contribution is 6.33. The van der Waals surface area contributed by atoms with Gasteiger partial charge in [-0.1, -0.05) is 172 Å². The van der Waals surface area contributed by atoms with Gasteiger partial charge in [0.25, 0.3) is 0 Å². The second-order valence-electron chi connectivity index (χ2n) is 27.6. The van der Waals surface area contributed by atoms with Crippen molar-refractivity contribution < 1.29 is 0 Å². The lowest BCUT2D eigenvalue weighted by Gasteiger charge is -2.22. The molecule has 86 heavy (non-hydrogen) atoms. The molecule has 0 spiro atoms. The van der Waals surface area contributed by atoms with Crippen LogP contribution >= 0.6 is 0 Å². The SMILES string of the molecule is CC(C)(C)c1cc(-c2ccc3c(c2)c2ccccc2n3-c2ccccc2)c2c(c1)c1cc(C(C)(C)C)cc3c4cc5c(nc4n2c31)c1cc(C(C)(C)C)cc2c3c4ccccc4cc(-c4ccc6c(c4)c4ccccc4n6-c4ccccc4)c3n5c12. The second-order valence-corrected chi connectivity index (χ2v) is 27.6. The summed E-state index contributed by atoms with van der Waals surface area (Å²) in [7, 11) is 0. The fourth-order valence-electron chi connectivity index (χ4n) is 15.1. The molecule has 0 amide bonds. The molecule has 18 aromatic rings. The molecule has 0 N–H and O–H groups in total. The molecule has 7 aromatic heterocycles. The van der Waals surface area contributed by atoms with Gasteiger partial charge in [-0.05, 0) is 164 Å². The van der Waals surface area contributed by atoms with Gasteiger partial charge >= 0.3 is 0 Å². The van der Waals surface area contributed by atoms with E-state index in [1.165, 1.54) is 153 Å². The number of hydrogen-bond donors (Lipinski definition) is 0. The summed E-state index contributed by atoms with van der Waals surface area (Å²) in [5.74, 6) is 0. The zero-order valence-electron chi connectivity index (χ0n) is 50.0. The lowest BCUT2D eigenvalue weighted by Crippen LogP contribution is -2.11. The van der Waals surface area contributed by atoms with Crippen molar-refractivity contribution in [3.63, 3.8) is 0 Å².